The molecule has 5 heteroatoms. The molecule has 0 aliphatic rings. The van der Waals surface area contributed by atoms with Gasteiger partial charge in [0.25, 0.3) is 5.91 Å². The zero-order valence-electron chi connectivity index (χ0n) is 18.8. The Bertz CT molecular complexity index is 1250. The van der Waals surface area contributed by atoms with Crippen LogP contribution in [0.5, 0.6) is 17.2 Å². The number of methoxy groups -OCH3 is 1. The number of hydrogen-bond donors (Lipinski definition) is 1. The van der Waals surface area contributed by atoms with Crippen molar-refractivity contribution in [3.8, 4) is 17.2 Å². The number of fused-ring (bicyclic) bond motifs is 1. The van der Waals surface area contributed by atoms with Crippen LogP contribution in [0.2, 0.25) is 0 Å². The van der Waals surface area contributed by atoms with Gasteiger partial charge in [-0.25, -0.2) is 0 Å². The maximum atomic E-state index is 12.8. The topological polar surface area (TPSA) is 56.8 Å². The van der Waals surface area contributed by atoms with Crippen molar-refractivity contribution < 1.29 is 19.0 Å². The SMILES string of the molecule is CCOc1ccc(C(=O)NCc2ccccc2OC)cc1COc1ccc2ccccc2c1. The lowest BCUT2D eigenvalue weighted by Crippen LogP contribution is -2.23. The Morgan fingerprint density at radius 3 is 2.39 bits per heavy atom. The number of rotatable bonds is 9. The van der Waals surface area contributed by atoms with Crippen LogP contribution in [0.4, 0.5) is 0 Å². The minimum atomic E-state index is -0.170. The molecule has 1 amide bonds. The van der Waals surface area contributed by atoms with Gasteiger partial charge >= 0.3 is 0 Å². The molecule has 0 radical (unpaired) electrons. The van der Waals surface area contributed by atoms with Gasteiger partial charge in [0.1, 0.15) is 23.9 Å². The van der Waals surface area contributed by atoms with Crippen molar-refractivity contribution in [3.05, 3.63) is 102 Å². The van der Waals surface area contributed by atoms with Gasteiger partial charge in [-0.1, -0.05) is 48.5 Å². The van der Waals surface area contributed by atoms with Crippen molar-refractivity contribution in [2.24, 2.45) is 0 Å². The first-order valence-electron chi connectivity index (χ1n) is 11.0. The summed E-state index contributed by atoms with van der Waals surface area (Å²) in [6.07, 6.45) is 0. The molecule has 0 aromatic heterocycles. The van der Waals surface area contributed by atoms with Gasteiger partial charge in [-0.2, -0.15) is 0 Å². The maximum absolute atomic E-state index is 12.8. The number of benzene rings is 4. The largest absolute Gasteiger partial charge is 0.496 e. The fourth-order valence-electron chi connectivity index (χ4n) is 3.67. The standard InChI is InChI=1S/C28H27NO4/c1-3-32-27-15-13-22(28(30)29-18-23-10-6-7-11-26(23)31-2)16-24(27)19-33-25-14-12-20-8-4-5-9-21(20)17-25/h4-17H,3,18-19H2,1-2H3,(H,29,30). The second-order valence-corrected chi connectivity index (χ2v) is 7.55. The molecule has 0 aliphatic heterocycles. The van der Waals surface area contributed by atoms with E-state index in [0.29, 0.717) is 31.1 Å². The Hall–Kier alpha value is -3.99. The van der Waals surface area contributed by atoms with E-state index in [4.69, 9.17) is 14.2 Å². The highest BCUT2D eigenvalue weighted by Gasteiger charge is 2.12. The number of hydrogen-bond acceptors (Lipinski definition) is 4. The van der Waals surface area contributed by atoms with Crippen molar-refractivity contribution in [1.82, 2.24) is 5.32 Å². The quantitative estimate of drug-likeness (QED) is 0.359. The number of ether oxygens (including phenoxy) is 3. The molecular formula is C28H27NO4. The number of carbonyl (C=O) groups is 1. The number of amides is 1. The lowest BCUT2D eigenvalue weighted by Gasteiger charge is -2.14. The molecule has 0 saturated carbocycles. The third-order valence-corrected chi connectivity index (χ3v) is 5.37. The molecule has 0 aliphatic carbocycles. The Labute approximate surface area is 193 Å². The van der Waals surface area contributed by atoms with E-state index in [-0.39, 0.29) is 5.91 Å². The van der Waals surface area contributed by atoms with Gasteiger partial charge in [-0.05, 0) is 54.1 Å². The maximum Gasteiger partial charge on any atom is 0.251 e. The predicted octanol–water partition coefficient (Wildman–Crippen LogP) is 5.76. The molecule has 0 spiro atoms. The highest BCUT2D eigenvalue weighted by Crippen LogP contribution is 2.25. The second-order valence-electron chi connectivity index (χ2n) is 7.55. The molecule has 168 valence electrons. The van der Waals surface area contributed by atoms with Crippen LogP contribution in [0.3, 0.4) is 0 Å². The summed E-state index contributed by atoms with van der Waals surface area (Å²) >= 11 is 0. The fourth-order valence-corrected chi connectivity index (χ4v) is 3.67. The Morgan fingerprint density at radius 1 is 0.788 bits per heavy atom. The van der Waals surface area contributed by atoms with Crippen LogP contribution < -0.4 is 19.5 Å². The Kier molecular flexibility index (Phi) is 7.10. The molecule has 33 heavy (non-hydrogen) atoms. The van der Waals surface area contributed by atoms with Gasteiger partial charge in [0, 0.05) is 23.2 Å². The molecule has 0 heterocycles. The van der Waals surface area contributed by atoms with Crippen molar-refractivity contribution >= 4 is 16.7 Å². The van der Waals surface area contributed by atoms with Gasteiger partial charge in [-0.3, -0.25) is 4.79 Å². The Morgan fingerprint density at radius 2 is 1.58 bits per heavy atom. The average molecular weight is 442 g/mol. The van der Waals surface area contributed by atoms with E-state index in [1.807, 2.05) is 73.7 Å². The van der Waals surface area contributed by atoms with E-state index >= 15 is 0 Å². The van der Waals surface area contributed by atoms with E-state index in [1.54, 1.807) is 13.2 Å². The summed E-state index contributed by atoms with van der Waals surface area (Å²) in [6.45, 7) is 3.13. The van der Waals surface area contributed by atoms with E-state index in [1.165, 1.54) is 0 Å². The minimum absolute atomic E-state index is 0.170. The first-order chi connectivity index (χ1) is 16.2. The average Bonchev–Trinajstić information content (AvgIpc) is 2.86. The van der Waals surface area contributed by atoms with E-state index in [2.05, 4.69) is 17.4 Å². The number of nitrogens with one attached hydrogen (secondary N) is 1. The van der Waals surface area contributed by atoms with Crippen LogP contribution in [0.25, 0.3) is 10.8 Å². The van der Waals surface area contributed by atoms with Crippen molar-refractivity contribution in [2.75, 3.05) is 13.7 Å². The van der Waals surface area contributed by atoms with Crippen LogP contribution >= 0.6 is 0 Å². The van der Waals surface area contributed by atoms with Crippen molar-refractivity contribution in [3.63, 3.8) is 0 Å². The molecule has 1 N–H and O–H groups in total. The summed E-state index contributed by atoms with van der Waals surface area (Å²) in [6, 6.07) is 27.2. The van der Waals surface area contributed by atoms with E-state index < -0.39 is 0 Å². The molecule has 0 atom stereocenters. The molecule has 0 bridgehead atoms. The molecule has 4 aromatic rings. The number of carbonyl (C=O) groups excluding carboxylic acids is 1. The third kappa shape index (κ3) is 5.44. The lowest BCUT2D eigenvalue weighted by molar-refractivity contribution is 0.0950. The molecule has 0 fully saturated rings. The second kappa shape index (κ2) is 10.6. The molecule has 4 aromatic carbocycles. The summed E-state index contributed by atoms with van der Waals surface area (Å²) in [5.41, 5.74) is 2.28. The van der Waals surface area contributed by atoms with Gasteiger partial charge in [0.2, 0.25) is 0 Å². The zero-order valence-corrected chi connectivity index (χ0v) is 18.8. The summed E-state index contributed by atoms with van der Waals surface area (Å²) in [4.78, 5) is 12.8. The smallest absolute Gasteiger partial charge is 0.251 e. The fraction of sp³-hybridized carbons (Fsp3) is 0.179. The molecule has 0 unspecified atom stereocenters. The molecular weight excluding hydrogens is 414 g/mol. The van der Waals surface area contributed by atoms with Crippen molar-refractivity contribution in [1.29, 1.82) is 0 Å². The monoisotopic (exact) mass is 441 g/mol. The minimum Gasteiger partial charge on any atom is -0.496 e. The van der Waals surface area contributed by atoms with Crippen LogP contribution in [-0.4, -0.2) is 19.6 Å². The normalized spacial score (nSPS) is 10.6. The van der Waals surface area contributed by atoms with Crippen LogP contribution in [0, 0.1) is 0 Å². The van der Waals surface area contributed by atoms with Crippen LogP contribution in [-0.2, 0) is 13.2 Å². The predicted molar refractivity (Wildman–Crippen MR) is 130 cm³/mol. The van der Waals surface area contributed by atoms with E-state index in [9.17, 15) is 4.79 Å². The lowest BCUT2D eigenvalue weighted by atomic mass is 10.1. The number of para-hydroxylation sites is 1. The molecule has 5 nitrogen and oxygen atoms in total. The van der Waals surface area contributed by atoms with Crippen LogP contribution in [0.15, 0.2) is 84.9 Å². The first-order valence-corrected chi connectivity index (χ1v) is 11.0. The van der Waals surface area contributed by atoms with Gasteiger partial charge in [0.15, 0.2) is 0 Å². The first kappa shape index (κ1) is 22.2. The summed E-state index contributed by atoms with van der Waals surface area (Å²) < 4.78 is 17.2. The highest BCUT2D eigenvalue weighted by molar-refractivity contribution is 5.94. The van der Waals surface area contributed by atoms with Crippen LogP contribution in [0.1, 0.15) is 28.4 Å². The summed E-state index contributed by atoms with van der Waals surface area (Å²) in [5.74, 6) is 2.05. The van der Waals surface area contributed by atoms with Crippen molar-refractivity contribution in [2.45, 2.75) is 20.1 Å². The van der Waals surface area contributed by atoms with Gasteiger partial charge in [-0.15, -0.1) is 0 Å². The molecule has 0 saturated heterocycles. The van der Waals surface area contributed by atoms with E-state index in [0.717, 1.165) is 33.4 Å². The Balaban J connectivity index is 1.48. The zero-order chi connectivity index (χ0) is 23.0. The third-order valence-electron chi connectivity index (χ3n) is 5.37. The highest BCUT2D eigenvalue weighted by atomic mass is 16.5. The summed E-state index contributed by atoms with van der Waals surface area (Å²) in [7, 11) is 1.62. The summed E-state index contributed by atoms with van der Waals surface area (Å²) in [5, 5.41) is 5.24. The van der Waals surface area contributed by atoms with Gasteiger partial charge < -0.3 is 19.5 Å². The molecule has 4 rings (SSSR count). The van der Waals surface area contributed by atoms with Gasteiger partial charge in [0.05, 0.1) is 13.7 Å².